The Balaban J connectivity index is 1.51. The number of carbonyl (C=O) groups is 1. The Hall–Kier alpha value is -2.25. The van der Waals surface area contributed by atoms with E-state index in [2.05, 4.69) is 14.9 Å². The van der Waals surface area contributed by atoms with Gasteiger partial charge in [-0.25, -0.2) is 14.4 Å². The van der Waals surface area contributed by atoms with E-state index in [0.29, 0.717) is 17.1 Å². The van der Waals surface area contributed by atoms with Gasteiger partial charge in [0.15, 0.2) is 6.54 Å². The van der Waals surface area contributed by atoms with Gasteiger partial charge in [0.2, 0.25) is 5.95 Å². The first-order chi connectivity index (χ1) is 12.5. The van der Waals surface area contributed by atoms with Crippen LogP contribution in [0.3, 0.4) is 0 Å². The van der Waals surface area contributed by atoms with Crippen LogP contribution in [0.1, 0.15) is 5.56 Å². The molecule has 8 heteroatoms. The summed E-state index contributed by atoms with van der Waals surface area (Å²) in [6.07, 6.45) is 3.46. The maximum absolute atomic E-state index is 13.9. The molecule has 1 aromatic heterocycles. The minimum absolute atomic E-state index is 0.0243. The van der Waals surface area contributed by atoms with Crippen molar-refractivity contribution in [1.29, 1.82) is 0 Å². The zero-order valence-electron chi connectivity index (χ0n) is 14.7. The molecule has 0 spiro atoms. The number of rotatable bonds is 5. The molecule has 1 saturated heterocycles. The van der Waals surface area contributed by atoms with Gasteiger partial charge in [0, 0.05) is 36.6 Å². The zero-order valence-corrected chi connectivity index (χ0v) is 15.4. The van der Waals surface area contributed by atoms with Gasteiger partial charge in [-0.1, -0.05) is 17.7 Å². The van der Waals surface area contributed by atoms with E-state index < -0.39 is 0 Å². The summed E-state index contributed by atoms with van der Waals surface area (Å²) in [5.41, 5.74) is 0.353. The van der Waals surface area contributed by atoms with Gasteiger partial charge < -0.3 is 14.7 Å². The van der Waals surface area contributed by atoms with Gasteiger partial charge in [0.05, 0.1) is 26.2 Å². The number of nitrogens with one attached hydrogen (secondary N) is 1. The van der Waals surface area contributed by atoms with Gasteiger partial charge in [0.25, 0.3) is 5.91 Å². The largest absolute Gasteiger partial charge is 0.336 e. The minimum Gasteiger partial charge on any atom is -0.336 e. The molecule has 2 heterocycles. The van der Waals surface area contributed by atoms with Crippen molar-refractivity contribution in [2.24, 2.45) is 0 Å². The molecule has 138 valence electrons. The summed E-state index contributed by atoms with van der Waals surface area (Å²) in [5.74, 6) is 0.314. The van der Waals surface area contributed by atoms with E-state index in [1.165, 1.54) is 15.9 Å². The third kappa shape index (κ3) is 4.47. The maximum Gasteiger partial charge on any atom is 0.277 e. The summed E-state index contributed by atoms with van der Waals surface area (Å²) in [4.78, 5) is 25.9. The first-order valence-electron chi connectivity index (χ1n) is 8.57. The highest BCUT2D eigenvalue weighted by Crippen LogP contribution is 2.20. The lowest BCUT2D eigenvalue weighted by atomic mass is 10.2. The second-order valence-corrected chi connectivity index (χ2v) is 6.82. The number of amides is 1. The van der Waals surface area contributed by atoms with Gasteiger partial charge in [-0.05, 0) is 18.2 Å². The Morgan fingerprint density at radius 1 is 1.27 bits per heavy atom. The van der Waals surface area contributed by atoms with E-state index in [4.69, 9.17) is 11.6 Å². The topological polar surface area (TPSA) is 53.8 Å². The molecular weight excluding hydrogens is 357 g/mol. The molecule has 1 N–H and O–H groups in total. The van der Waals surface area contributed by atoms with E-state index in [9.17, 15) is 9.18 Å². The van der Waals surface area contributed by atoms with Crippen LogP contribution >= 0.6 is 11.6 Å². The highest BCUT2D eigenvalue weighted by Gasteiger charge is 2.25. The van der Waals surface area contributed by atoms with Crippen LogP contribution in [-0.2, 0) is 11.3 Å². The molecule has 1 aromatic carbocycles. The van der Waals surface area contributed by atoms with E-state index in [1.54, 1.807) is 37.6 Å². The van der Waals surface area contributed by atoms with Crippen LogP contribution < -0.4 is 9.80 Å². The Kier molecular flexibility index (Phi) is 6.00. The van der Waals surface area contributed by atoms with Crippen molar-refractivity contribution in [3.63, 3.8) is 0 Å². The van der Waals surface area contributed by atoms with E-state index >= 15 is 0 Å². The van der Waals surface area contributed by atoms with E-state index in [0.717, 1.165) is 32.1 Å². The number of carbonyl (C=O) groups excluding carboxylic acids is 1. The number of nitrogens with zero attached hydrogens (tertiary/aromatic N) is 4. The molecule has 0 atom stereocenters. The van der Waals surface area contributed by atoms with Crippen molar-refractivity contribution in [3.8, 4) is 0 Å². The summed E-state index contributed by atoms with van der Waals surface area (Å²) in [6.45, 7) is 3.81. The minimum atomic E-state index is -0.388. The summed E-state index contributed by atoms with van der Waals surface area (Å²) < 4.78 is 13.9. The van der Waals surface area contributed by atoms with Gasteiger partial charge in [-0.2, -0.15) is 0 Å². The maximum atomic E-state index is 13.9. The first kappa shape index (κ1) is 18.5. The Morgan fingerprint density at radius 3 is 2.62 bits per heavy atom. The van der Waals surface area contributed by atoms with Crippen molar-refractivity contribution in [3.05, 3.63) is 53.1 Å². The van der Waals surface area contributed by atoms with Crippen LogP contribution in [0, 0.1) is 5.82 Å². The average Bonchev–Trinajstić information content (AvgIpc) is 2.66. The highest BCUT2D eigenvalue weighted by atomic mass is 35.5. The molecule has 0 saturated carbocycles. The third-order valence-electron chi connectivity index (χ3n) is 4.59. The van der Waals surface area contributed by atoms with Crippen LogP contribution in [-0.4, -0.2) is 60.5 Å². The molecule has 1 aliphatic heterocycles. The molecule has 2 aromatic rings. The van der Waals surface area contributed by atoms with Gasteiger partial charge >= 0.3 is 0 Å². The normalized spacial score (nSPS) is 15.1. The van der Waals surface area contributed by atoms with Crippen LogP contribution in [0.15, 0.2) is 36.7 Å². The lowest BCUT2D eigenvalue weighted by Crippen LogP contribution is -3.15. The first-order valence-corrected chi connectivity index (χ1v) is 8.95. The Bertz CT molecular complexity index is 732. The molecular formula is C18H22ClFN5O+. The van der Waals surface area contributed by atoms with E-state index in [-0.39, 0.29) is 18.3 Å². The number of hydrogen-bond donors (Lipinski definition) is 1. The third-order valence-corrected chi connectivity index (χ3v) is 4.94. The molecule has 1 aliphatic rings. The van der Waals surface area contributed by atoms with Gasteiger partial charge in [-0.15, -0.1) is 0 Å². The van der Waals surface area contributed by atoms with Crippen molar-refractivity contribution < 1.29 is 14.1 Å². The van der Waals surface area contributed by atoms with Crippen LogP contribution in [0.2, 0.25) is 5.02 Å². The van der Waals surface area contributed by atoms with Crippen molar-refractivity contribution in [2.75, 3.05) is 44.7 Å². The van der Waals surface area contributed by atoms with Crippen LogP contribution in [0.4, 0.5) is 10.3 Å². The van der Waals surface area contributed by atoms with Crippen molar-refractivity contribution in [2.45, 2.75) is 6.54 Å². The second kappa shape index (κ2) is 8.42. The number of benzene rings is 1. The number of halogens is 2. The monoisotopic (exact) mass is 378 g/mol. The number of likely N-dealkylation sites (N-methyl/N-ethyl adjacent to an activating group) is 1. The summed E-state index contributed by atoms with van der Waals surface area (Å²) in [7, 11) is 1.68. The van der Waals surface area contributed by atoms with E-state index in [1.807, 2.05) is 0 Å². The van der Waals surface area contributed by atoms with Gasteiger partial charge in [0.1, 0.15) is 5.82 Å². The lowest BCUT2D eigenvalue weighted by Gasteiger charge is -2.32. The predicted octanol–water partition coefficient (Wildman–Crippen LogP) is 0.633. The molecule has 0 unspecified atom stereocenters. The van der Waals surface area contributed by atoms with Crippen molar-refractivity contribution >= 4 is 23.5 Å². The smallest absolute Gasteiger partial charge is 0.277 e. The molecule has 0 bridgehead atoms. The zero-order chi connectivity index (χ0) is 18.5. The predicted molar refractivity (Wildman–Crippen MR) is 97.7 cm³/mol. The number of piperazine rings is 1. The lowest BCUT2D eigenvalue weighted by molar-refractivity contribution is -0.892. The molecule has 0 aliphatic carbocycles. The highest BCUT2D eigenvalue weighted by molar-refractivity contribution is 6.31. The number of anilines is 1. The van der Waals surface area contributed by atoms with Crippen LogP contribution in [0.25, 0.3) is 0 Å². The number of aromatic nitrogens is 2. The molecule has 6 nitrogen and oxygen atoms in total. The summed E-state index contributed by atoms with van der Waals surface area (Å²) >= 11 is 6.04. The number of quaternary nitrogens is 1. The molecule has 1 fully saturated rings. The standard InChI is InChI=1S/C18H21ClFN5O/c1-23(12-14-15(19)4-2-5-16(14)20)17(26)13-24-8-10-25(11-9-24)18-21-6-3-7-22-18/h2-7H,8-13H2,1H3/p+1. The quantitative estimate of drug-likeness (QED) is 0.829. The fourth-order valence-electron chi connectivity index (χ4n) is 3.01. The fraction of sp³-hybridized carbons (Fsp3) is 0.389. The summed E-state index contributed by atoms with van der Waals surface area (Å²) in [5, 5.41) is 0.341. The fourth-order valence-corrected chi connectivity index (χ4v) is 3.23. The average molecular weight is 379 g/mol. The molecule has 3 rings (SSSR count). The molecule has 26 heavy (non-hydrogen) atoms. The molecule has 1 amide bonds. The Morgan fingerprint density at radius 2 is 1.96 bits per heavy atom. The van der Waals surface area contributed by atoms with Gasteiger partial charge in [-0.3, -0.25) is 4.79 Å². The SMILES string of the molecule is CN(Cc1c(F)cccc1Cl)C(=O)C[NH+]1CCN(c2ncccn2)CC1. The summed E-state index contributed by atoms with van der Waals surface area (Å²) in [6, 6.07) is 6.34. The van der Waals surface area contributed by atoms with Crippen molar-refractivity contribution in [1.82, 2.24) is 14.9 Å². The van der Waals surface area contributed by atoms with Crippen LogP contribution in [0.5, 0.6) is 0 Å². The second-order valence-electron chi connectivity index (χ2n) is 6.41. The molecule has 0 radical (unpaired) electrons. The number of hydrogen-bond acceptors (Lipinski definition) is 4. The Labute approximate surface area is 157 Å².